The molecule has 126 valence electrons. The van der Waals surface area contributed by atoms with Gasteiger partial charge in [0.25, 0.3) is 0 Å². The molecule has 0 fully saturated rings. The van der Waals surface area contributed by atoms with Crippen LogP contribution in [0.5, 0.6) is 0 Å². The van der Waals surface area contributed by atoms with Crippen molar-refractivity contribution in [3.05, 3.63) is 46.7 Å². The number of nitrogens with zero attached hydrogens (tertiary/aromatic N) is 2. The average Bonchev–Trinajstić information content (AvgIpc) is 2.97. The molecule has 1 aliphatic heterocycles. The number of fused-ring (bicyclic) bond motifs is 1. The average molecular weight is 327 g/mol. The summed E-state index contributed by atoms with van der Waals surface area (Å²) < 4.78 is 39.4. The van der Waals surface area contributed by atoms with E-state index in [9.17, 15) is 18.3 Å². The first-order chi connectivity index (χ1) is 10.8. The second-order valence-corrected chi connectivity index (χ2v) is 6.25. The Bertz CT molecular complexity index is 629. The number of likely N-dealkylation sites (N-methyl/N-ethyl adjacent to an activating group) is 1. The summed E-state index contributed by atoms with van der Waals surface area (Å²) in [4.78, 5) is 0. The lowest BCUT2D eigenvalue weighted by molar-refractivity contribution is -0.190. The monoisotopic (exact) mass is 327 g/mol. The minimum atomic E-state index is -4.41. The first kappa shape index (κ1) is 16.3. The highest BCUT2D eigenvalue weighted by atomic mass is 19.4. The van der Waals surface area contributed by atoms with Gasteiger partial charge in [0.15, 0.2) is 0 Å². The molecule has 1 aromatic rings. The van der Waals surface area contributed by atoms with Crippen LogP contribution in [-0.2, 0) is 19.4 Å². The summed E-state index contributed by atoms with van der Waals surface area (Å²) in [5, 5.41) is 11.9. The molecule has 23 heavy (non-hydrogen) atoms. The molecule has 0 saturated carbocycles. The molecule has 3 N–H and O–H groups in total. The Kier molecular flexibility index (Phi) is 4.12. The lowest BCUT2D eigenvalue weighted by Gasteiger charge is -2.31. The molecule has 1 aromatic carbocycles. The van der Waals surface area contributed by atoms with Gasteiger partial charge < -0.3 is 15.8 Å². The number of hydrazine groups is 1. The molecular formula is C16H20F3N3O. The van der Waals surface area contributed by atoms with Crippen molar-refractivity contribution < 1.29 is 18.3 Å². The largest absolute Gasteiger partial charge is 0.409 e. The molecule has 1 unspecified atom stereocenters. The Hall–Kier alpha value is -1.57. The van der Waals surface area contributed by atoms with E-state index in [0.29, 0.717) is 6.54 Å². The number of hydrogen-bond donors (Lipinski definition) is 2. The fraction of sp³-hybridized carbons (Fsp3) is 0.500. The van der Waals surface area contributed by atoms with Crippen molar-refractivity contribution >= 4 is 0 Å². The number of alkyl halides is 3. The van der Waals surface area contributed by atoms with Crippen LogP contribution in [-0.4, -0.2) is 47.0 Å². The molecular weight excluding hydrogens is 307 g/mol. The molecule has 0 saturated heterocycles. The quantitative estimate of drug-likeness (QED) is 0.885. The number of aliphatic hydroxyl groups is 1. The summed E-state index contributed by atoms with van der Waals surface area (Å²) in [5.74, 6) is 0. The Labute approximate surface area is 133 Å². The van der Waals surface area contributed by atoms with Crippen molar-refractivity contribution in [1.82, 2.24) is 10.0 Å². The number of hydrogen-bond acceptors (Lipinski definition) is 4. The maximum absolute atomic E-state index is 13.1. The molecule has 1 aliphatic carbocycles. The minimum absolute atomic E-state index is 0.0387. The van der Waals surface area contributed by atoms with Crippen molar-refractivity contribution in [2.75, 3.05) is 13.7 Å². The zero-order valence-corrected chi connectivity index (χ0v) is 12.8. The summed E-state index contributed by atoms with van der Waals surface area (Å²) in [6.07, 6.45) is -1.37. The predicted octanol–water partition coefficient (Wildman–Crippen LogP) is 1.58. The summed E-state index contributed by atoms with van der Waals surface area (Å²) in [6, 6.07) is 4.31. The van der Waals surface area contributed by atoms with Crippen LogP contribution in [0.15, 0.2) is 30.0 Å². The SMILES string of the molecule is CN1C(C(F)(F)F)C(CO)=CN1Cc1ccc2c(c1)C[C@H](N)C2. The Morgan fingerprint density at radius 3 is 2.57 bits per heavy atom. The second-order valence-electron chi connectivity index (χ2n) is 6.25. The third kappa shape index (κ3) is 3.08. The fourth-order valence-electron chi connectivity index (χ4n) is 3.44. The van der Waals surface area contributed by atoms with Gasteiger partial charge in [0.1, 0.15) is 6.04 Å². The van der Waals surface area contributed by atoms with E-state index in [1.165, 1.54) is 29.4 Å². The molecule has 7 heteroatoms. The lowest BCUT2D eigenvalue weighted by Crippen LogP contribution is -2.46. The molecule has 0 radical (unpaired) electrons. The number of benzene rings is 1. The predicted molar refractivity (Wildman–Crippen MR) is 80.1 cm³/mol. The second kappa shape index (κ2) is 5.81. The maximum Gasteiger partial charge on any atom is 0.409 e. The number of halogens is 3. The zero-order chi connectivity index (χ0) is 16.8. The van der Waals surface area contributed by atoms with Crippen LogP contribution >= 0.6 is 0 Å². The van der Waals surface area contributed by atoms with Crippen LogP contribution < -0.4 is 5.73 Å². The highest BCUT2D eigenvalue weighted by molar-refractivity contribution is 5.37. The van der Waals surface area contributed by atoms with Crippen molar-refractivity contribution in [3.8, 4) is 0 Å². The molecule has 2 aliphatic rings. The van der Waals surface area contributed by atoms with Crippen LogP contribution in [0.4, 0.5) is 13.2 Å². The van der Waals surface area contributed by atoms with Crippen molar-refractivity contribution in [2.24, 2.45) is 5.73 Å². The van der Waals surface area contributed by atoms with Gasteiger partial charge in [-0.25, -0.2) is 5.01 Å². The van der Waals surface area contributed by atoms with E-state index < -0.39 is 18.8 Å². The van der Waals surface area contributed by atoms with Gasteiger partial charge in [-0.1, -0.05) is 18.2 Å². The van der Waals surface area contributed by atoms with Gasteiger partial charge in [0, 0.05) is 24.9 Å². The molecule has 4 nitrogen and oxygen atoms in total. The Balaban J connectivity index is 1.79. The minimum Gasteiger partial charge on any atom is -0.392 e. The molecule has 0 bridgehead atoms. The standard InChI is InChI=1S/C16H20F3N3O/c1-21-15(16(17,18)19)13(9-23)8-22(21)7-10-2-3-11-5-14(20)6-12(11)4-10/h2-4,8,14-15,23H,5-7,9,20H2,1H3/t14-,15?/m1/s1. The number of aliphatic hydroxyl groups excluding tert-OH is 1. The highest BCUT2D eigenvalue weighted by Gasteiger charge is 2.49. The molecule has 1 heterocycles. The van der Waals surface area contributed by atoms with Crippen molar-refractivity contribution in [1.29, 1.82) is 0 Å². The van der Waals surface area contributed by atoms with E-state index in [2.05, 4.69) is 0 Å². The molecule has 2 atom stereocenters. The normalized spacial score (nSPS) is 25.0. The van der Waals surface area contributed by atoms with Crippen LogP contribution in [0.3, 0.4) is 0 Å². The van der Waals surface area contributed by atoms with Crippen LogP contribution in [0.25, 0.3) is 0 Å². The van der Waals surface area contributed by atoms with Gasteiger partial charge in [0.05, 0.1) is 13.2 Å². The fourth-order valence-corrected chi connectivity index (χ4v) is 3.44. The third-order valence-corrected chi connectivity index (χ3v) is 4.52. The third-order valence-electron chi connectivity index (χ3n) is 4.52. The first-order valence-electron chi connectivity index (χ1n) is 7.53. The first-order valence-corrected chi connectivity index (χ1v) is 7.53. The van der Waals surface area contributed by atoms with E-state index in [-0.39, 0.29) is 11.6 Å². The van der Waals surface area contributed by atoms with E-state index >= 15 is 0 Å². The lowest BCUT2D eigenvalue weighted by atomic mass is 10.1. The van der Waals surface area contributed by atoms with Crippen LogP contribution in [0.2, 0.25) is 0 Å². The molecule has 3 rings (SSSR count). The zero-order valence-electron chi connectivity index (χ0n) is 12.8. The van der Waals surface area contributed by atoms with Crippen molar-refractivity contribution in [2.45, 2.75) is 37.6 Å². The van der Waals surface area contributed by atoms with E-state index in [1.807, 2.05) is 18.2 Å². The molecule has 0 amide bonds. The molecule has 0 spiro atoms. The van der Waals surface area contributed by atoms with Gasteiger partial charge >= 0.3 is 6.18 Å². The summed E-state index contributed by atoms with van der Waals surface area (Å²) in [7, 11) is 1.39. The van der Waals surface area contributed by atoms with E-state index in [4.69, 9.17) is 5.73 Å². The Morgan fingerprint density at radius 2 is 1.96 bits per heavy atom. The van der Waals surface area contributed by atoms with Crippen molar-refractivity contribution in [3.63, 3.8) is 0 Å². The topological polar surface area (TPSA) is 52.7 Å². The number of nitrogens with two attached hydrogens (primary N) is 1. The van der Waals surface area contributed by atoms with Gasteiger partial charge in [-0.2, -0.15) is 13.2 Å². The van der Waals surface area contributed by atoms with Gasteiger partial charge in [-0.05, 0) is 29.5 Å². The Morgan fingerprint density at radius 1 is 1.26 bits per heavy atom. The van der Waals surface area contributed by atoms with E-state index in [0.717, 1.165) is 23.4 Å². The summed E-state index contributed by atoms with van der Waals surface area (Å²) in [6.45, 7) is -0.279. The highest BCUT2D eigenvalue weighted by Crippen LogP contribution is 2.35. The van der Waals surface area contributed by atoms with Crippen LogP contribution in [0.1, 0.15) is 16.7 Å². The summed E-state index contributed by atoms with van der Waals surface area (Å²) in [5.41, 5.74) is 9.23. The van der Waals surface area contributed by atoms with E-state index in [1.54, 1.807) is 0 Å². The van der Waals surface area contributed by atoms with Gasteiger partial charge in [-0.3, -0.25) is 0 Å². The van der Waals surface area contributed by atoms with Gasteiger partial charge in [0.2, 0.25) is 0 Å². The van der Waals surface area contributed by atoms with Crippen LogP contribution in [0, 0.1) is 0 Å². The van der Waals surface area contributed by atoms with Gasteiger partial charge in [-0.15, -0.1) is 0 Å². The summed E-state index contributed by atoms with van der Waals surface area (Å²) >= 11 is 0. The molecule has 0 aromatic heterocycles. The number of rotatable bonds is 3. The maximum atomic E-state index is 13.1. The smallest absolute Gasteiger partial charge is 0.392 e.